The van der Waals surface area contributed by atoms with Crippen LogP contribution in [0.3, 0.4) is 0 Å². The average molecular weight is 962 g/mol. The Morgan fingerprint density at radius 2 is 0.899 bits per heavy atom. The molecule has 1 aliphatic heterocycles. The van der Waals surface area contributed by atoms with Crippen LogP contribution in [0, 0.1) is 0 Å². The average Bonchev–Trinajstić information content (AvgIpc) is 3.35. The smallest absolute Gasteiger partial charge is 0.220 e. The van der Waals surface area contributed by atoms with Gasteiger partial charge in [-0.25, -0.2) is 0 Å². The van der Waals surface area contributed by atoms with Crippen molar-refractivity contribution in [2.75, 3.05) is 13.2 Å². The van der Waals surface area contributed by atoms with Gasteiger partial charge in [-0.05, 0) is 89.9 Å². The number of ether oxygens (including phenoxy) is 2. The SMILES string of the molecule is CC/C=C\C/C=C\C/C=C\C/C=C\C/C=C\C/C=C\C/C=C\C/C=C\C/C=C\C/C=C\CCCCCCCCC(=O)NC(COC1OC(CO)C(O)C(O)C1O)C(O)CCCCCCCCCCC. The molecule has 0 aromatic heterocycles. The summed E-state index contributed by atoms with van der Waals surface area (Å²) in [6.45, 7) is 3.66. The van der Waals surface area contributed by atoms with Gasteiger partial charge >= 0.3 is 0 Å². The molecule has 0 aromatic carbocycles. The van der Waals surface area contributed by atoms with E-state index >= 15 is 0 Å². The van der Waals surface area contributed by atoms with Crippen molar-refractivity contribution in [2.24, 2.45) is 0 Å². The van der Waals surface area contributed by atoms with Crippen molar-refractivity contribution in [3.63, 3.8) is 0 Å². The molecule has 69 heavy (non-hydrogen) atoms. The second kappa shape index (κ2) is 48.2. The van der Waals surface area contributed by atoms with E-state index in [1.54, 1.807) is 0 Å². The summed E-state index contributed by atoms with van der Waals surface area (Å²) in [7, 11) is 0. The molecular weight excluding hydrogens is 863 g/mol. The van der Waals surface area contributed by atoms with Crippen LogP contribution in [0.5, 0.6) is 0 Å². The normalized spacial score (nSPS) is 20.5. The van der Waals surface area contributed by atoms with Crippen molar-refractivity contribution in [1.82, 2.24) is 5.32 Å². The summed E-state index contributed by atoms with van der Waals surface area (Å²) in [5, 5.41) is 54.3. The standard InChI is InChI=1S/C60H99NO8/c1-3-5-7-9-11-13-14-15-16-17-18-19-20-21-22-23-24-25-26-27-28-29-30-31-32-33-34-35-36-37-38-39-40-42-44-46-48-50-56(64)61-53(54(63)49-47-45-43-41-12-10-8-6-4-2)52-68-60-59(67)58(66)57(65)55(51-62)69-60/h5,7,11,13,15-16,18-19,21-22,24-25,27-28,30-31,33-34,36-37,53-55,57-60,62-63,65-67H,3-4,6,8-10,12,14,17,20,23,26,29,32,35,38-52H2,1-2H3,(H,61,64)/b7-5-,13-11-,16-15-,19-18-,22-21-,25-24-,28-27-,31-30-,34-33-,37-36-. The Kier molecular flexibility index (Phi) is 44.5. The third-order valence-electron chi connectivity index (χ3n) is 12.1. The van der Waals surface area contributed by atoms with Crippen LogP contribution in [-0.4, -0.2) is 87.5 Å². The molecule has 0 aromatic rings. The highest BCUT2D eigenvalue weighted by atomic mass is 16.7. The third kappa shape index (κ3) is 38.0. The molecular formula is C60H99NO8. The number of unbranched alkanes of at least 4 members (excludes halogenated alkanes) is 14. The molecule has 0 spiro atoms. The molecule has 1 saturated heterocycles. The third-order valence-corrected chi connectivity index (χ3v) is 12.1. The molecule has 9 heteroatoms. The van der Waals surface area contributed by atoms with Crippen LogP contribution in [0.25, 0.3) is 0 Å². The summed E-state index contributed by atoms with van der Waals surface area (Å²) < 4.78 is 11.2. The van der Waals surface area contributed by atoms with Crippen LogP contribution in [0.1, 0.15) is 194 Å². The molecule has 0 aliphatic carbocycles. The molecule has 7 unspecified atom stereocenters. The van der Waals surface area contributed by atoms with Gasteiger partial charge in [-0.15, -0.1) is 0 Å². The maximum atomic E-state index is 13.0. The van der Waals surface area contributed by atoms with E-state index in [0.29, 0.717) is 12.8 Å². The van der Waals surface area contributed by atoms with Gasteiger partial charge in [0.15, 0.2) is 6.29 Å². The van der Waals surface area contributed by atoms with Gasteiger partial charge in [-0.3, -0.25) is 4.79 Å². The minimum atomic E-state index is -1.56. The van der Waals surface area contributed by atoms with Crippen molar-refractivity contribution < 1.29 is 39.8 Å². The summed E-state index contributed by atoms with van der Waals surface area (Å²) in [6, 6.07) is -0.733. The molecule has 1 amide bonds. The van der Waals surface area contributed by atoms with E-state index in [1.165, 1.54) is 38.5 Å². The van der Waals surface area contributed by atoms with Crippen molar-refractivity contribution in [2.45, 2.75) is 236 Å². The first-order chi connectivity index (χ1) is 33.8. The second-order valence-corrected chi connectivity index (χ2v) is 18.3. The lowest BCUT2D eigenvalue weighted by atomic mass is 9.99. The first-order valence-electron chi connectivity index (χ1n) is 27.2. The molecule has 392 valence electrons. The van der Waals surface area contributed by atoms with Gasteiger partial charge in [-0.2, -0.15) is 0 Å². The maximum Gasteiger partial charge on any atom is 0.220 e. The number of hydrogen-bond acceptors (Lipinski definition) is 8. The van der Waals surface area contributed by atoms with Crippen molar-refractivity contribution in [1.29, 1.82) is 0 Å². The zero-order valence-corrected chi connectivity index (χ0v) is 43.3. The minimum Gasteiger partial charge on any atom is -0.394 e. The topological polar surface area (TPSA) is 149 Å². The largest absolute Gasteiger partial charge is 0.394 e. The van der Waals surface area contributed by atoms with E-state index in [-0.39, 0.29) is 12.5 Å². The molecule has 7 atom stereocenters. The summed E-state index contributed by atoms with van der Waals surface area (Å²) in [4.78, 5) is 13.0. The zero-order chi connectivity index (χ0) is 50.1. The monoisotopic (exact) mass is 962 g/mol. The summed E-state index contributed by atoms with van der Waals surface area (Å²) in [5.74, 6) is -0.167. The molecule has 0 saturated carbocycles. The minimum absolute atomic E-state index is 0.152. The summed E-state index contributed by atoms with van der Waals surface area (Å²) in [5.41, 5.74) is 0. The van der Waals surface area contributed by atoms with Crippen LogP contribution >= 0.6 is 0 Å². The Morgan fingerprint density at radius 3 is 1.33 bits per heavy atom. The Morgan fingerprint density at radius 1 is 0.507 bits per heavy atom. The quantitative estimate of drug-likeness (QED) is 0.0261. The number of carbonyl (C=O) groups is 1. The molecule has 1 heterocycles. The number of hydrogen-bond donors (Lipinski definition) is 6. The lowest BCUT2D eigenvalue weighted by molar-refractivity contribution is -0.302. The second-order valence-electron chi connectivity index (χ2n) is 18.3. The highest BCUT2D eigenvalue weighted by Gasteiger charge is 2.44. The van der Waals surface area contributed by atoms with Gasteiger partial charge in [0.05, 0.1) is 25.4 Å². The Bertz CT molecular complexity index is 1490. The fourth-order valence-electron chi connectivity index (χ4n) is 7.78. The number of carbonyl (C=O) groups excluding carboxylic acids is 1. The molecule has 1 fully saturated rings. The lowest BCUT2D eigenvalue weighted by Gasteiger charge is -2.40. The van der Waals surface area contributed by atoms with E-state index < -0.39 is 49.5 Å². The number of amides is 1. The van der Waals surface area contributed by atoms with Crippen LogP contribution in [-0.2, 0) is 14.3 Å². The Balaban J connectivity index is 2.16. The first-order valence-corrected chi connectivity index (χ1v) is 27.2. The van der Waals surface area contributed by atoms with Crippen molar-refractivity contribution in [3.8, 4) is 0 Å². The van der Waals surface area contributed by atoms with Gasteiger partial charge in [-0.1, -0.05) is 219 Å². The number of allylic oxidation sites excluding steroid dienone is 20. The number of rotatable bonds is 44. The maximum absolute atomic E-state index is 13.0. The van der Waals surface area contributed by atoms with Crippen LogP contribution < -0.4 is 5.32 Å². The highest BCUT2D eigenvalue weighted by molar-refractivity contribution is 5.76. The van der Waals surface area contributed by atoms with Gasteiger partial charge in [0.1, 0.15) is 24.4 Å². The van der Waals surface area contributed by atoms with Gasteiger partial charge < -0.3 is 40.3 Å². The lowest BCUT2D eigenvalue weighted by Crippen LogP contribution is -2.60. The van der Waals surface area contributed by atoms with E-state index in [4.69, 9.17) is 9.47 Å². The number of aliphatic hydroxyl groups is 5. The van der Waals surface area contributed by atoms with Crippen LogP contribution in [0.15, 0.2) is 122 Å². The van der Waals surface area contributed by atoms with Crippen molar-refractivity contribution in [3.05, 3.63) is 122 Å². The van der Waals surface area contributed by atoms with Crippen LogP contribution in [0.4, 0.5) is 0 Å². The molecule has 0 radical (unpaired) electrons. The predicted octanol–water partition coefficient (Wildman–Crippen LogP) is 13.2. The zero-order valence-electron chi connectivity index (χ0n) is 43.3. The van der Waals surface area contributed by atoms with Crippen LogP contribution in [0.2, 0.25) is 0 Å². The first kappa shape index (κ1) is 63.6. The van der Waals surface area contributed by atoms with Gasteiger partial charge in [0, 0.05) is 6.42 Å². The fourth-order valence-corrected chi connectivity index (χ4v) is 7.78. The summed E-state index contributed by atoms with van der Waals surface area (Å²) >= 11 is 0. The van der Waals surface area contributed by atoms with Gasteiger partial charge in [0.25, 0.3) is 0 Å². The molecule has 1 aliphatic rings. The molecule has 6 N–H and O–H groups in total. The fraction of sp³-hybridized carbons (Fsp3) is 0.650. The molecule has 1 rings (SSSR count). The van der Waals surface area contributed by atoms with Gasteiger partial charge in [0.2, 0.25) is 5.91 Å². The predicted molar refractivity (Wildman–Crippen MR) is 290 cm³/mol. The number of nitrogens with one attached hydrogen (secondary N) is 1. The van der Waals surface area contributed by atoms with E-state index in [1.807, 2.05) is 0 Å². The van der Waals surface area contributed by atoms with E-state index in [9.17, 15) is 30.3 Å². The van der Waals surface area contributed by atoms with E-state index in [2.05, 4.69) is 141 Å². The summed E-state index contributed by atoms with van der Waals surface area (Å²) in [6.07, 6.45) is 65.2. The Labute approximate surface area is 420 Å². The van der Waals surface area contributed by atoms with E-state index in [0.717, 1.165) is 128 Å². The molecule has 0 bridgehead atoms. The molecule has 9 nitrogen and oxygen atoms in total. The Hall–Kier alpha value is -3.41. The number of aliphatic hydroxyl groups excluding tert-OH is 5. The highest BCUT2D eigenvalue weighted by Crippen LogP contribution is 2.23. The van der Waals surface area contributed by atoms with Crippen molar-refractivity contribution >= 4 is 5.91 Å².